The summed E-state index contributed by atoms with van der Waals surface area (Å²) in [5.74, 6) is -0.932. The molecule has 1 aromatic carbocycles. The zero-order valence-electron chi connectivity index (χ0n) is 10.7. The Hall–Kier alpha value is -2.21. The van der Waals surface area contributed by atoms with Crippen molar-refractivity contribution in [3.8, 4) is 5.69 Å². The van der Waals surface area contributed by atoms with Crippen LogP contribution in [0.2, 0.25) is 0 Å². The van der Waals surface area contributed by atoms with E-state index in [9.17, 15) is 9.18 Å². The van der Waals surface area contributed by atoms with Crippen molar-refractivity contribution >= 4 is 5.91 Å². The van der Waals surface area contributed by atoms with Crippen molar-refractivity contribution in [1.82, 2.24) is 9.78 Å². The lowest BCUT2D eigenvalue weighted by Crippen LogP contribution is -2.14. The number of carbonyl (C=O) groups is 1. The van der Waals surface area contributed by atoms with Crippen molar-refractivity contribution < 1.29 is 9.18 Å². The molecule has 100 valence electrons. The van der Waals surface area contributed by atoms with Gasteiger partial charge in [-0.2, -0.15) is 5.10 Å². The van der Waals surface area contributed by atoms with Crippen LogP contribution < -0.4 is 11.5 Å². The van der Waals surface area contributed by atoms with Crippen LogP contribution in [0.5, 0.6) is 0 Å². The fraction of sp³-hybridized carbons (Fsp3) is 0.231. The number of halogens is 1. The van der Waals surface area contributed by atoms with Crippen LogP contribution in [0.25, 0.3) is 5.69 Å². The van der Waals surface area contributed by atoms with Crippen molar-refractivity contribution in [2.45, 2.75) is 19.9 Å². The Bertz CT molecular complexity index is 634. The van der Waals surface area contributed by atoms with Gasteiger partial charge in [0.25, 0.3) is 5.91 Å². The zero-order valence-corrected chi connectivity index (χ0v) is 10.7. The lowest BCUT2D eigenvalue weighted by molar-refractivity contribution is 0.0995. The summed E-state index contributed by atoms with van der Waals surface area (Å²) in [5.41, 5.74) is 12.9. The third-order valence-electron chi connectivity index (χ3n) is 2.89. The first-order chi connectivity index (χ1) is 8.90. The molecule has 6 heteroatoms. The second kappa shape index (κ2) is 4.81. The van der Waals surface area contributed by atoms with Crippen LogP contribution in [-0.4, -0.2) is 15.7 Å². The fourth-order valence-corrected chi connectivity index (χ4v) is 1.83. The Morgan fingerprint density at radius 2 is 2.16 bits per heavy atom. The highest BCUT2D eigenvalue weighted by molar-refractivity contribution is 5.90. The highest BCUT2D eigenvalue weighted by Crippen LogP contribution is 2.23. The summed E-state index contributed by atoms with van der Waals surface area (Å²) in [4.78, 5) is 11.0. The minimum Gasteiger partial charge on any atom is -0.364 e. The molecule has 1 amide bonds. The van der Waals surface area contributed by atoms with Crippen LogP contribution in [-0.2, 0) is 0 Å². The van der Waals surface area contributed by atoms with Gasteiger partial charge in [0.05, 0.1) is 5.69 Å². The molecule has 4 N–H and O–H groups in total. The molecule has 5 nitrogen and oxygen atoms in total. The number of nitrogens with zero attached hydrogens (tertiary/aromatic N) is 2. The maximum absolute atomic E-state index is 13.6. The Morgan fingerprint density at radius 1 is 1.47 bits per heavy atom. The fourth-order valence-electron chi connectivity index (χ4n) is 1.83. The number of rotatable bonds is 3. The van der Waals surface area contributed by atoms with E-state index in [0.29, 0.717) is 16.8 Å². The number of hydrogen-bond donors (Lipinski definition) is 2. The van der Waals surface area contributed by atoms with Crippen molar-refractivity contribution in [3.63, 3.8) is 0 Å². The minimum absolute atomic E-state index is 0.151. The molecule has 2 rings (SSSR count). The number of benzene rings is 1. The van der Waals surface area contributed by atoms with E-state index in [1.54, 1.807) is 26.1 Å². The molecule has 2 aromatic rings. The number of hydrogen-bond acceptors (Lipinski definition) is 3. The third kappa shape index (κ3) is 2.48. The first kappa shape index (κ1) is 13.2. The van der Waals surface area contributed by atoms with Gasteiger partial charge in [-0.25, -0.2) is 9.07 Å². The third-order valence-corrected chi connectivity index (χ3v) is 2.89. The summed E-state index contributed by atoms with van der Waals surface area (Å²) in [6, 6.07) is 4.19. The summed E-state index contributed by atoms with van der Waals surface area (Å²) in [6.07, 6.45) is 1.60. The Balaban J connectivity index is 2.59. The smallest absolute Gasteiger partial charge is 0.269 e. The summed E-state index contributed by atoms with van der Waals surface area (Å²) < 4.78 is 15.1. The van der Waals surface area contributed by atoms with Gasteiger partial charge in [0, 0.05) is 12.2 Å². The Morgan fingerprint density at radius 3 is 2.68 bits per heavy atom. The van der Waals surface area contributed by atoms with Crippen molar-refractivity contribution in [2.75, 3.05) is 0 Å². The Labute approximate surface area is 110 Å². The molecule has 0 radical (unpaired) electrons. The van der Waals surface area contributed by atoms with Crippen LogP contribution in [0.3, 0.4) is 0 Å². The van der Waals surface area contributed by atoms with Crippen LogP contribution in [0, 0.1) is 12.7 Å². The molecular formula is C13H15FN4O. The van der Waals surface area contributed by atoms with Gasteiger partial charge in [-0.3, -0.25) is 4.79 Å². The number of nitrogens with two attached hydrogens (primary N) is 2. The van der Waals surface area contributed by atoms with Crippen molar-refractivity contribution in [3.05, 3.63) is 47.0 Å². The van der Waals surface area contributed by atoms with Gasteiger partial charge >= 0.3 is 0 Å². The van der Waals surface area contributed by atoms with Crippen LogP contribution in [0.15, 0.2) is 24.4 Å². The van der Waals surface area contributed by atoms with E-state index in [2.05, 4.69) is 5.10 Å². The molecule has 1 heterocycles. The topological polar surface area (TPSA) is 86.9 Å². The first-order valence-corrected chi connectivity index (χ1v) is 5.81. The van der Waals surface area contributed by atoms with Crippen LogP contribution in [0.1, 0.15) is 34.6 Å². The molecule has 0 aliphatic heterocycles. The molecular weight excluding hydrogens is 247 g/mol. The summed E-state index contributed by atoms with van der Waals surface area (Å²) in [6.45, 7) is 3.41. The minimum atomic E-state index is -0.611. The summed E-state index contributed by atoms with van der Waals surface area (Å²) in [5, 5.41) is 4.06. The number of aryl methyl sites for hydroxylation is 1. The summed E-state index contributed by atoms with van der Waals surface area (Å²) in [7, 11) is 0. The standard InChI is InChI=1S/C13H15FN4O/c1-7-5-12(9(8(2)15)6-10(7)14)18-4-3-11(17-18)13(16)19/h3-6,8H,15H2,1-2H3,(H2,16,19)/t8-/m1/s1. The average molecular weight is 262 g/mol. The van der Waals surface area contributed by atoms with E-state index in [0.717, 1.165) is 0 Å². The van der Waals surface area contributed by atoms with E-state index in [1.165, 1.54) is 16.8 Å². The predicted octanol–water partition coefficient (Wildman–Crippen LogP) is 1.44. The average Bonchev–Trinajstić information content (AvgIpc) is 2.81. The monoisotopic (exact) mass is 262 g/mol. The predicted molar refractivity (Wildman–Crippen MR) is 69.4 cm³/mol. The van der Waals surface area contributed by atoms with Gasteiger partial charge in [0.2, 0.25) is 0 Å². The molecule has 0 saturated heterocycles. The molecule has 0 spiro atoms. The molecule has 0 aliphatic rings. The van der Waals surface area contributed by atoms with Crippen LogP contribution >= 0.6 is 0 Å². The van der Waals surface area contributed by atoms with E-state index < -0.39 is 5.91 Å². The second-order valence-corrected chi connectivity index (χ2v) is 4.46. The van der Waals surface area contributed by atoms with Gasteiger partial charge in [0.15, 0.2) is 0 Å². The lowest BCUT2D eigenvalue weighted by atomic mass is 10.0. The van der Waals surface area contributed by atoms with Gasteiger partial charge in [-0.15, -0.1) is 0 Å². The van der Waals surface area contributed by atoms with Gasteiger partial charge in [-0.05, 0) is 43.2 Å². The molecule has 1 aromatic heterocycles. The van der Waals surface area contributed by atoms with Gasteiger partial charge < -0.3 is 11.5 Å². The first-order valence-electron chi connectivity index (χ1n) is 5.81. The van der Waals surface area contributed by atoms with Crippen molar-refractivity contribution in [1.29, 1.82) is 0 Å². The van der Waals surface area contributed by atoms with E-state index in [-0.39, 0.29) is 17.6 Å². The molecule has 1 atom stereocenters. The maximum atomic E-state index is 13.6. The molecule has 0 aliphatic carbocycles. The van der Waals surface area contributed by atoms with Gasteiger partial charge in [0.1, 0.15) is 11.5 Å². The van der Waals surface area contributed by atoms with Gasteiger partial charge in [-0.1, -0.05) is 0 Å². The number of carbonyl (C=O) groups excluding carboxylic acids is 1. The highest BCUT2D eigenvalue weighted by atomic mass is 19.1. The zero-order chi connectivity index (χ0) is 14.2. The number of primary amides is 1. The number of amides is 1. The molecule has 0 bridgehead atoms. The maximum Gasteiger partial charge on any atom is 0.269 e. The Kier molecular flexibility index (Phi) is 3.35. The normalized spacial score (nSPS) is 12.4. The molecule has 0 unspecified atom stereocenters. The molecule has 0 fully saturated rings. The van der Waals surface area contributed by atoms with Crippen molar-refractivity contribution in [2.24, 2.45) is 11.5 Å². The SMILES string of the molecule is Cc1cc(-n2ccc(C(N)=O)n2)c([C@@H](C)N)cc1F. The summed E-state index contributed by atoms with van der Waals surface area (Å²) >= 11 is 0. The van der Waals surface area contributed by atoms with E-state index in [1.807, 2.05) is 0 Å². The lowest BCUT2D eigenvalue weighted by Gasteiger charge is -2.14. The molecule has 0 saturated carbocycles. The second-order valence-electron chi connectivity index (χ2n) is 4.46. The van der Waals surface area contributed by atoms with E-state index in [4.69, 9.17) is 11.5 Å². The largest absolute Gasteiger partial charge is 0.364 e. The molecule has 19 heavy (non-hydrogen) atoms. The van der Waals surface area contributed by atoms with E-state index >= 15 is 0 Å². The highest BCUT2D eigenvalue weighted by Gasteiger charge is 2.14. The number of aromatic nitrogens is 2. The quantitative estimate of drug-likeness (QED) is 0.877. The van der Waals surface area contributed by atoms with Crippen LogP contribution in [0.4, 0.5) is 4.39 Å².